The van der Waals surface area contributed by atoms with Crippen molar-refractivity contribution in [2.75, 3.05) is 37.6 Å². The molecule has 2 fully saturated rings. The van der Waals surface area contributed by atoms with E-state index in [-0.39, 0.29) is 0 Å². The zero-order chi connectivity index (χ0) is 14.7. The first-order valence-corrected chi connectivity index (χ1v) is 9.51. The van der Waals surface area contributed by atoms with Crippen molar-refractivity contribution >= 4 is 28.3 Å². The number of piperidine rings is 2. The van der Waals surface area contributed by atoms with Gasteiger partial charge in [-0.15, -0.1) is 0 Å². The summed E-state index contributed by atoms with van der Waals surface area (Å²) < 4.78 is 1.32. The summed E-state index contributed by atoms with van der Waals surface area (Å²) >= 11 is 2.38. The Morgan fingerprint density at radius 3 is 2.19 bits per heavy atom. The first kappa shape index (κ1) is 15.6. The summed E-state index contributed by atoms with van der Waals surface area (Å²) in [5, 5.41) is 0. The molecule has 2 aliphatic rings. The summed E-state index contributed by atoms with van der Waals surface area (Å²) in [4.78, 5) is 5.27. The number of benzene rings is 1. The number of hydrogen-bond acceptors (Lipinski definition) is 2. The molecule has 2 heterocycles. The first-order valence-electron chi connectivity index (χ1n) is 8.43. The van der Waals surface area contributed by atoms with Crippen molar-refractivity contribution in [3.63, 3.8) is 0 Å². The fraction of sp³-hybridized carbons (Fsp3) is 0.667. The average molecular weight is 398 g/mol. The van der Waals surface area contributed by atoms with Crippen LogP contribution in [0.1, 0.15) is 32.6 Å². The van der Waals surface area contributed by atoms with Gasteiger partial charge in [0.15, 0.2) is 0 Å². The highest BCUT2D eigenvalue weighted by atomic mass is 127. The smallest absolute Gasteiger partial charge is 0.0366 e. The van der Waals surface area contributed by atoms with Gasteiger partial charge >= 0.3 is 0 Å². The maximum absolute atomic E-state index is 2.71. The highest BCUT2D eigenvalue weighted by molar-refractivity contribution is 14.1. The van der Waals surface area contributed by atoms with Gasteiger partial charge in [0, 0.05) is 28.9 Å². The van der Waals surface area contributed by atoms with E-state index in [1.807, 2.05) is 0 Å². The summed E-state index contributed by atoms with van der Waals surface area (Å²) in [7, 11) is 0. The fourth-order valence-electron chi connectivity index (χ4n) is 3.64. The van der Waals surface area contributed by atoms with Crippen LogP contribution in [0.25, 0.3) is 0 Å². The molecule has 116 valence electrons. The van der Waals surface area contributed by atoms with E-state index in [9.17, 15) is 0 Å². The van der Waals surface area contributed by atoms with Gasteiger partial charge in [0.2, 0.25) is 0 Å². The largest absolute Gasteiger partial charge is 0.372 e. The highest BCUT2D eigenvalue weighted by Crippen LogP contribution is 2.26. The summed E-state index contributed by atoms with van der Waals surface area (Å²) in [6, 6.07) is 8.98. The Morgan fingerprint density at radius 2 is 1.57 bits per heavy atom. The van der Waals surface area contributed by atoms with Gasteiger partial charge in [0.25, 0.3) is 0 Å². The second-order valence-corrected chi connectivity index (χ2v) is 8.14. The molecule has 3 heteroatoms. The molecule has 0 N–H and O–H groups in total. The molecule has 2 nitrogen and oxygen atoms in total. The van der Waals surface area contributed by atoms with Crippen molar-refractivity contribution in [1.29, 1.82) is 0 Å². The molecular formula is C18H27IN2. The molecule has 0 amide bonds. The van der Waals surface area contributed by atoms with Crippen molar-refractivity contribution in [3.05, 3.63) is 27.8 Å². The molecule has 0 spiro atoms. The van der Waals surface area contributed by atoms with Crippen molar-refractivity contribution in [1.82, 2.24) is 4.90 Å². The standard InChI is InChI=1S/C18H27IN2/c1-15-6-10-20(11-7-15)14-16-8-12-21(13-9-16)18-4-2-17(19)3-5-18/h2-5,15-16H,6-14H2,1H3. The van der Waals surface area contributed by atoms with Crippen molar-refractivity contribution in [3.8, 4) is 0 Å². The van der Waals surface area contributed by atoms with E-state index in [1.54, 1.807) is 0 Å². The van der Waals surface area contributed by atoms with Gasteiger partial charge in [-0.2, -0.15) is 0 Å². The first-order chi connectivity index (χ1) is 10.2. The van der Waals surface area contributed by atoms with E-state index >= 15 is 0 Å². The fourth-order valence-corrected chi connectivity index (χ4v) is 4.00. The van der Waals surface area contributed by atoms with Crippen LogP contribution >= 0.6 is 22.6 Å². The van der Waals surface area contributed by atoms with Crippen LogP contribution in [0.15, 0.2) is 24.3 Å². The third-order valence-corrected chi connectivity index (χ3v) is 5.92. The van der Waals surface area contributed by atoms with Gasteiger partial charge in [0.1, 0.15) is 0 Å². The second kappa shape index (κ2) is 7.32. The van der Waals surface area contributed by atoms with Crippen LogP contribution in [-0.4, -0.2) is 37.6 Å². The minimum atomic E-state index is 0.915. The summed E-state index contributed by atoms with van der Waals surface area (Å²) in [5.74, 6) is 1.86. The highest BCUT2D eigenvalue weighted by Gasteiger charge is 2.23. The number of likely N-dealkylation sites (tertiary alicyclic amines) is 1. The zero-order valence-corrected chi connectivity index (χ0v) is 15.3. The van der Waals surface area contributed by atoms with Gasteiger partial charge < -0.3 is 9.80 Å². The predicted octanol–water partition coefficient (Wildman–Crippen LogP) is 4.24. The topological polar surface area (TPSA) is 6.48 Å². The zero-order valence-electron chi connectivity index (χ0n) is 13.1. The minimum absolute atomic E-state index is 0.915. The molecule has 0 saturated carbocycles. The third-order valence-electron chi connectivity index (χ3n) is 5.20. The van der Waals surface area contributed by atoms with Crippen molar-refractivity contribution < 1.29 is 0 Å². The number of nitrogens with zero attached hydrogens (tertiary/aromatic N) is 2. The Morgan fingerprint density at radius 1 is 0.952 bits per heavy atom. The lowest BCUT2D eigenvalue weighted by molar-refractivity contribution is 0.157. The van der Waals surface area contributed by atoms with Crippen LogP contribution in [0.3, 0.4) is 0 Å². The lowest BCUT2D eigenvalue weighted by Crippen LogP contribution is -2.41. The SMILES string of the molecule is CC1CCN(CC2CCN(c3ccc(I)cc3)CC2)CC1. The second-order valence-electron chi connectivity index (χ2n) is 6.89. The molecular weight excluding hydrogens is 371 g/mol. The van der Waals surface area contributed by atoms with E-state index < -0.39 is 0 Å². The molecule has 0 aromatic heterocycles. The van der Waals surface area contributed by atoms with Crippen LogP contribution in [-0.2, 0) is 0 Å². The molecule has 21 heavy (non-hydrogen) atoms. The normalized spacial score (nSPS) is 22.7. The lowest BCUT2D eigenvalue weighted by atomic mass is 9.93. The average Bonchev–Trinajstić information content (AvgIpc) is 2.51. The van der Waals surface area contributed by atoms with Gasteiger partial charge in [0.05, 0.1) is 0 Å². The van der Waals surface area contributed by atoms with Crippen molar-refractivity contribution in [2.24, 2.45) is 11.8 Å². The maximum atomic E-state index is 2.71. The van der Waals surface area contributed by atoms with Gasteiger partial charge in [-0.3, -0.25) is 0 Å². The summed E-state index contributed by atoms with van der Waals surface area (Å²) in [6.07, 6.45) is 5.53. The van der Waals surface area contributed by atoms with Gasteiger partial charge in [-0.25, -0.2) is 0 Å². The Balaban J connectivity index is 1.45. The third kappa shape index (κ3) is 4.35. The number of anilines is 1. The number of rotatable bonds is 3. The van der Waals surface area contributed by atoms with Crippen LogP contribution < -0.4 is 4.90 Å². The Labute approximate surface area is 143 Å². The molecule has 0 aliphatic carbocycles. The van der Waals surface area contributed by atoms with E-state index in [1.165, 1.54) is 67.7 Å². The molecule has 1 aromatic rings. The molecule has 1 aromatic carbocycles. The van der Waals surface area contributed by atoms with E-state index in [2.05, 4.69) is 63.6 Å². The lowest BCUT2D eigenvalue weighted by Gasteiger charge is -2.38. The number of hydrogen-bond donors (Lipinski definition) is 0. The Bertz CT molecular complexity index is 429. The van der Waals surface area contributed by atoms with Gasteiger partial charge in [-0.1, -0.05) is 6.92 Å². The molecule has 0 radical (unpaired) electrons. The van der Waals surface area contributed by atoms with Crippen molar-refractivity contribution in [2.45, 2.75) is 32.6 Å². The molecule has 0 atom stereocenters. The molecule has 0 unspecified atom stereocenters. The molecule has 2 saturated heterocycles. The van der Waals surface area contributed by atoms with Crippen LogP contribution in [0.5, 0.6) is 0 Å². The van der Waals surface area contributed by atoms with E-state index in [4.69, 9.17) is 0 Å². The van der Waals surface area contributed by atoms with E-state index in [0.29, 0.717) is 0 Å². The van der Waals surface area contributed by atoms with E-state index in [0.717, 1.165) is 11.8 Å². The molecule has 3 rings (SSSR count). The van der Waals surface area contributed by atoms with Crippen LogP contribution in [0.2, 0.25) is 0 Å². The Kier molecular flexibility index (Phi) is 5.43. The van der Waals surface area contributed by atoms with Crippen LogP contribution in [0.4, 0.5) is 5.69 Å². The maximum Gasteiger partial charge on any atom is 0.0366 e. The van der Waals surface area contributed by atoms with Gasteiger partial charge in [-0.05, 0) is 97.5 Å². The molecule has 0 bridgehead atoms. The van der Waals surface area contributed by atoms with Crippen LogP contribution in [0, 0.1) is 15.4 Å². The Hall–Kier alpha value is -0.290. The predicted molar refractivity (Wildman–Crippen MR) is 98.9 cm³/mol. The monoisotopic (exact) mass is 398 g/mol. The quantitative estimate of drug-likeness (QED) is 0.703. The minimum Gasteiger partial charge on any atom is -0.372 e. The molecule has 2 aliphatic heterocycles. The summed E-state index contributed by atoms with van der Waals surface area (Å²) in [6.45, 7) is 8.87. The summed E-state index contributed by atoms with van der Waals surface area (Å²) in [5.41, 5.74) is 1.40. The number of halogens is 1.